The summed E-state index contributed by atoms with van der Waals surface area (Å²) in [4.78, 5) is 12.7. The molecular weight excluding hydrogens is 403 g/mol. The number of hydrogen-bond acceptors (Lipinski definition) is 3. The minimum absolute atomic E-state index is 0.0210. The third-order valence-electron chi connectivity index (χ3n) is 4.87. The molecular formula is C23H23FN2O3S. The highest BCUT2D eigenvalue weighted by molar-refractivity contribution is 7.92. The van der Waals surface area contributed by atoms with Crippen LogP contribution in [0.5, 0.6) is 0 Å². The number of hydrogen-bond donors (Lipinski definition) is 1. The first-order valence-electron chi connectivity index (χ1n) is 9.40. The number of nitrogens with zero attached hydrogens (tertiary/aromatic N) is 1. The van der Waals surface area contributed by atoms with Crippen molar-refractivity contribution in [3.63, 3.8) is 0 Å². The molecule has 7 heteroatoms. The van der Waals surface area contributed by atoms with Crippen molar-refractivity contribution < 1.29 is 17.6 Å². The number of benzene rings is 3. The van der Waals surface area contributed by atoms with E-state index >= 15 is 0 Å². The molecule has 3 aromatic rings. The second kappa shape index (κ2) is 8.67. The molecule has 0 unspecified atom stereocenters. The molecule has 0 aliphatic carbocycles. The van der Waals surface area contributed by atoms with Crippen molar-refractivity contribution in [2.45, 2.75) is 24.8 Å². The maximum atomic E-state index is 13.1. The lowest BCUT2D eigenvalue weighted by atomic mass is 10.1. The minimum atomic E-state index is -3.83. The number of halogens is 1. The number of aryl methyl sites for hydroxylation is 1. The third kappa shape index (κ3) is 4.68. The molecule has 0 saturated heterocycles. The lowest BCUT2D eigenvalue weighted by molar-refractivity contribution is 0.0939. The van der Waals surface area contributed by atoms with Crippen LogP contribution in [0.1, 0.15) is 34.5 Å². The smallest absolute Gasteiger partial charge is 0.264 e. The Morgan fingerprint density at radius 1 is 1.00 bits per heavy atom. The summed E-state index contributed by atoms with van der Waals surface area (Å²) in [6.45, 7) is 3.70. The van der Waals surface area contributed by atoms with Gasteiger partial charge in [0.15, 0.2) is 0 Å². The number of carbonyl (C=O) groups is 1. The highest BCUT2D eigenvalue weighted by atomic mass is 32.2. The number of amides is 1. The van der Waals surface area contributed by atoms with Crippen LogP contribution in [-0.2, 0) is 10.0 Å². The van der Waals surface area contributed by atoms with E-state index in [9.17, 15) is 17.6 Å². The Morgan fingerprint density at radius 3 is 2.27 bits per heavy atom. The molecule has 0 aliphatic heterocycles. The van der Waals surface area contributed by atoms with Gasteiger partial charge in [0.25, 0.3) is 15.9 Å². The first kappa shape index (κ1) is 21.5. The largest absolute Gasteiger partial charge is 0.346 e. The van der Waals surface area contributed by atoms with E-state index in [2.05, 4.69) is 5.32 Å². The molecule has 1 N–H and O–H groups in total. The maximum Gasteiger partial charge on any atom is 0.264 e. The summed E-state index contributed by atoms with van der Waals surface area (Å²) in [5, 5.41) is 2.81. The summed E-state index contributed by atoms with van der Waals surface area (Å²) in [7, 11) is -2.36. The molecule has 0 fully saturated rings. The van der Waals surface area contributed by atoms with E-state index in [0.717, 1.165) is 11.1 Å². The molecule has 1 atom stereocenters. The van der Waals surface area contributed by atoms with Gasteiger partial charge in [-0.2, -0.15) is 0 Å². The molecule has 0 radical (unpaired) electrons. The molecule has 156 valence electrons. The number of sulfonamides is 1. The maximum absolute atomic E-state index is 13.1. The highest BCUT2D eigenvalue weighted by Gasteiger charge is 2.23. The second-order valence-electron chi connectivity index (χ2n) is 7.08. The van der Waals surface area contributed by atoms with E-state index in [1.807, 2.05) is 19.1 Å². The Hall–Kier alpha value is -3.19. The van der Waals surface area contributed by atoms with E-state index in [1.54, 1.807) is 37.3 Å². The predicted octanol–water partition coefficient (Wildman–Crippen LogP) is 4.45. The fraction of sp³-hybridized carbons (Fsp3) is 0.174. The highest BCUT2D eigenvalue weighted by Crippen LogP contribution is 2.23. The lowest BCUT2D eigenvalue weighted by Gasteiger charge is -2.20. The summed E-state index contributed by atoms with van der Waals surface area (Å²) < 4.78 is 40.3. The van der Waals surface area contributed by atoms with Gasteiger partial charge in [-0.25, -0.2) is 12.8 Å². The van der Waals surface area contributed by atoms with Crippen LogP contribution in [-0.4, -0.2) is 21.4 Å². The molecule has 0 aromatic heterocycles. The first-order valence-corrected chi connectivity index (χ1v) is 10.8. The van der Waals surface area contributed by atoms with Crippen LogP contribution in [0, 0.1) is 12.7 Å². The van der Waals surface area contributed by atoms with Crippen LogP contribution in [0.3, 0.4) is 0 Å². The van der Waals surface area contributed by atoms with Gasteiger partial charge in [0.2, 0.25) is 0 Å². The molecule has 0 saturated carbocycles. The Labute approximate surface area is 176 Å². The second-order valence-corrected chi connectivity index (χ2v) is 9.05. The molecule has 3 rings (SSSR count). The van der Waals surface area contributed by atoms with Crippen LogP contribution in [0.25, 0.3) is 0 Å². The lowest BCUT2D eigenvalue weighted by Crippen LogP contribution is -2.28. The average molecular weight is 427 g/mol. The monoisotopic (exact) mass is 426 g/mol. The Morgan fingerprint density at radius 2 is 1.63 bits per heavy atom. The number of rotatable bonds is 6. The van der Waals surface area contributed by atoms with Crippen molar-refractivity contribution in [3.8, 4) is 0 Å². The summed E-state index contributed by atoms with van der Waals surface area (Å²) in [6.07, 6.45) is 0. The van der Waals surface area contributed by atoms with Crippen LogP contribution in [0.4, 0.5) is 10.1 Å². The van der Waals surface area contributed by atoms with E-state index in [1.165, 1.54) is 41.7 Å². The van der Waals surface area contributed by atoms with Crippen molar-refractivity contribution in [2.24, 2.45) is 0 Å². The summed E-state index contributed by atoms with van der Waals surface area (Å²) in [5.41, 5.74) is 2.52. The van der Waals surface area contributed by atoms with Crippen LogP contribution < -0.4 is 9.62 Å². The van der Waals surface area contributed by atoms with Crippen molar-refractivity contribution in [1.29, 1.82) is 0 Å². The van der Waals surface area contributed by atoms with Crippen molar-refractivity contribution in [2.75, 3.05) is 11.4 Å². The fourth-order valence-corrected chi connectivity index (χ4v) is 4.21. The zero-order chi connectivity index (χ0) is 21.9. The molecule has 1 amide bonds. The first-order chi connectivity index (χ1) is 14.2. The van der Waals surface area contributed by atoms with Gasteiger partial charge in [-0.3, -0.25) is 9.10 Å². The van der Waals surface area contributed by atoms with Gasteiger partial charge in [-0.05, 0) is 61.9 Å². The SMILES string of the molecule is Cc1ccc(N(C)S(=O)(=O)c2cccc(C(=O)N[C@H](C)c3ccc(F)cc3)c2)cc1. The fourth-order valence-electron chi connectivity index (χ4n) is 2.96. The topological polar surface area (TPSA) is 66.5 Å². The van der Waals surface area contributed by atoms with Crippen molar-refractivity contribution in [3.05, 3.63) is 95.3 Å². The standard InChI is InChI=1S/C23H23FN2O3S/c1-16-7-13-21(14-8-16)26(3)30(28,29)22-6-4-5-19(15-22)23(27)25-17(2)18-9-11-20(24)12-10-18/h4-15,17H,1-3H3,(H,25,27)/t17-/m1/s1. The molecule has 3 aromatic carbocycles. The Kier molecular flexibility index (Phi) is 6.22. The molecule has 0 bridgehead atoms. The van der Waals surface area contributed by atoms with Gasteiger partial charge < -0.3 is 5.32 Å². The van der Waals surface area contributed by atoms with Gasteiger partial charge in [-0.15, -0.1) is 0 Å². The predicted molar refractivity (Wildman–Crippen MR) is 115 cm³/mol. The normalized spacial score (nSPS) is 12.3. The number of carbonyl (C=O) groups excluding carboxylic acids is 1. The van der Waals surface area contributed by atoms with E-state index in [-0.39, 0.29) is 22.3 Å². The molecule has 0 heterocycles. The van der Waals surface area contributed by atoms with Gasteiger partial charge in [0.05, 0.1) is 16.6 Å². The summed E-state index contributed by atoms with van der Waals surface area (Å²) >= 11 is 0. The third-order valence-corrected chi connectivity index (χ3v) is 6.65. The van der Waals surface area contributed by atoms with Crippen molar-refractivity contribution >= 4 is 21.6 Å². The van der Waals surface area contributed by atoms with Gasteiger partial charge in [-0.1, -0.05) is 35.9 Å². The van der Waals surface area contributed by atoms with E-state index in [4.69, 9.17) is 0 Å². The van der Waals surface area contributed by atoms with Gasteiger partial charge in [0.1, 0.15) is 5.82 Å². The summed E-state index contributed by atoms with van der Waals surface area (Å²) in [6, 6.07) is 18.5. The van der Waals surface area contributed by atoms with Crippen molar-refractivity contribution in [1.82, 2.24) is 5.32 Å². The van der Waals surface area contributed by atoms with Crippen LogP contribution >= 0.6 is 0 Å². The number of anilines is 1. The molecule has 5 nitrogen and oxygen atoms in total. The van der Waals surface area contributed by atoms with Gasteiger partial charge >= 0.3 is 0 Å². The zero-order valence-electron chi connectivity index (χ0n) is 17.0. The zero-order valence-corrected chi connectivity index (χ0v) is 17.8. The molecule has 0 aliphatic rings. The Bertz CT molecular complexity index is 1140. The van der Waals surface area contributed by atoms with Gasteiger partial charge in [0, 0.05) is 12.6 Å². The summed E-state index contributed by atoms with van der Waals surface area (Å²) in [5.74, 6) is -0.769. The van der Waals surface area contributed by atoms with E-state index in [0.29, 0.717) is 5.69 Å². The number of nitrogens with one attached hydrogen (secondary N) is 1. The molecule has 30 heavy (non-hydrogen) atoms. The average Bonchev–Trinajstić information content (AvgIpc) is 2.74. The Balaban J connectivity index is 1.81. The molecule has 0 spiro atoms. The quantitative estimate of drug-likeness (QED) is 0.633. The van der Waals surface area contributed by atoms with Crippen LogP contribution in [0.15, 0.2) is 77.7 Å². The van der Waals surface area contributed by atoms with E-state index < -0.39 is 15.9 Å². The minimum Gasteiger partial charge on any atom is -0.346 e. The van der Waals surface area contributed by atoms with Crippen LogP contribution in [0.2, 0.25) is 0 Å².